The second-order valence-electron chi connectivity index (χ2n) is 7.56. The summed E-state index contributed by atoms with van der Waals surface area (Å²) in [5, 5.41) is 32.0. The van der Waals surface area contributed by atoms with Crippen LogP contribution in [0.3, 0.4) is 0 Å². The van der Waals surface area contributed by atoms with Gasteiger partial charge in [-0.25, -0.2) is 0 Å². The highest BCUT2D eigenvalue weighted by Crippen LogP contribution is 2.76. The number of hydrogen-bond donors (Lipinski definition) is 3. The van der Waals surface area contributed by atoms with Crippen LogP contribution in [0, 0.1) is 5.92 Å². The van der Waals surface area contributed by atoms with E-state index in [0.717, 1.165) is 0 Å². The molecule has 1 saturated heterocycles. The fourth-order valence-corrected chi connectivity index (χ4v) is 5.51. The van der Waals surface area contributed by atoms with Crippen LogP contribution in [-0.4, -0.2) is 43.9 Å². The van der Waals surface area contributed by atoms with Crippen LogP contribution in [0.5, 0.6) is 11.5 Å². The van der Waals surface area contributed by atoms with Crippen molar-refractivity contribution in [3.8, 4) is 11.5 Å². The van der Waals surface area contributed by atoms with Crippen molar-refractivity contribution in [3.63, 3.8) is 0 Å². The summed E-state index contributed by atoms with van der Waals surface area (Å²) in [5.74, 6) is -3.63. The van der Waals surface area contributed by atoms with E-state index in [1.165, 1.54) is 36.4 Å². The first kappa shape index (κ1) is 15.1. The molecule has 4 atom stereocenters. The Morgan fingerprint density at radius 1 is 0.926 bits per heavy atom. The molecule has 2 aromatic rings. The highest BCUT2D eigenvalue weighted by Gasteiger charge is 2.96. The first-order valence-corrected chi connectivity index (χ1v) is 8.52. The van der Waals surface area contributed by atoms with E-state index in [4.69, 9.17) is 4.74 Å². The predicted octanol–water partition coefficient (Wildman–Crippen LogP) is 1.09. The van der Waals surface area contributed by atoms with Crippen LogP contribution in [-0.2, 0) is 10.3 Å². The van der Waals surface area contributed by atoms with Crippen molar-refractivity contribution in [2.75, 3.05) is 0 Å². The van der Waals surface area contributed by atoms with Crippen LogP contribution in [0.4, 0.5) is 0 Å². The van der Waals surface area contributed by atoms with Gasteiger partial charge in [-0.2, -0.15) is 0 Å². The molecule has 134 valence electrons. The van der Waals surface area contributed by atoms with Crippen molar-refractivity contribution >= 4 is 17.3 Å². The largest absolute Gasteiger partial charge is 0.507 e. The maximum atomic E-state index is 13.4. The third kappa shape index (κ3) is 1.19. The second kappa shape index (κ2) is 3.95. The summed E-state index contributed by atoms with van der Waals surface area (Å²) in [6.45, 7) is 0. The molecule has 0 aromatic heterocycles. The lowest BCUT2D eigenvalue weighted by atomic mass is 9.69. The van der Waals surface area contributed by atoms with Crippen molar-refractivity contribution in [1.29, 1.82) is 0 Å². The van der Waals surface area contributed by atoms with E-state index in [0.29, 0.717) is 0 Å². The van der Waals surface area contributed by atoms with Gasteiger partial charge >= 0.3 is 0 Å². The summed E-state index contributed by atoms with van der Waals surface area (Å²) < 4.78 is 5.73. The van der Waals surface area contributed by atoms with Crippen LogP contribution < -0.4 is 0 Å². The minimum Gasteiger partial charge on any atom is -0.507 e. The number of epoxide rings is 1. The van der Waals surface area contributed by atoms with Gasteiger partial charge in [0, 0.05) is 11.1 Å². The summed E-state index contributed by atoms with van der Waals surface area (Å²) in [6.07, 6.45) is -0.158. The van der Waals surface area contributed by atoms with Gasteiger partial charge < -0.3 is 20.1 Å². The average Bonchev–Trinajstić information content (AvgIpc) is 3.32. The highest BCUT2D eigenvalue weighted by atomic mass is 16.7. The Balaban J connectivity index is 1.73. The Morgan fingerprint density at radius 3 is 2.33 bits per heavy atom. The fourth-order valence-electron chi connectivity index (χ4n) is 5.51. The molecule has 2 bridgehead atoms. The molecule has 3 N–H and O–H groups in total. The SMILES string of the molecule is O=C1c2c(O)cccc2[C@]2(O)C[C@@H]1[C@]13O[C@]21C(=O)c1c(O)cccc1C3=O. The molecule has 1 saturated carbocycles. The van der Waals surface area contributed by atoms with Crippen molar-refractivity contribution in [2.24, 2.45) is 5.92 Å². The molecule has 4 aliphatic rings. The smallest absolute Gasteiger partial charge is 0.206 e. The average molecular weight is 364 g/mol. The molecule has 27 heavy (non-hydrogen) atoms. The van der Waals surface area contributed by atoms with Gasteiger partial charge in [0.2, 0.25) is 11.4 Å². The zero-order valence-electron chi connectivity index (χ0n) is 13.7. The van der Waals surface area contributed by atoms with E-state index in [2.05, 4.69) is 0 Å². The Kier molecular flexibility index (Phi) is 2.21. The van der Waals surface area contributed by atoms with E-state index in [1.54, 1.807) is 0 Å². The summed E-state index contributed by atoms with van der Waals surface area (Å²) >= 11 is 0. The predicted molar refractivity (Wildman–Crippen MR) is 87.8 cm³/mol. The Hall–Kier alpha value is -3.03. The third-order valence-electron chi connectivity index (χ3n) is 6.59. The van der Waals surface area contributed by atoms with Crippen molar-refractivity contribution in [3.05, 3.63) is 58.7 Å². The van der Waals surface area contributed by atoms with E-state index in [1.807, 2.05) is 0 Å². The number of ether oxygens (including phenoxy) is 1. The number of hydrogen-bond acceptors (Lipinski definition) is 7. The van der Waals surface area contributed by atoms with Gasteiger partial charge in [-0.15, -0.1) is 0 Å². The Bertz CT molecular complexity index is 1150. The maximum Gasteiger partial charge on any atom is 0.206 e. The molecule has 1 heterocycles. The molecular formula is C20H12O7. The number of phenolic OH excluding ortho intramolecular Hbond substituents is 2. The minimum absolute atomic E-state index is 0.0228. The quantitative estimate of drug-likeness (QED) is 0.598. The molecule has 2 fully saturated rings. The van der Waals surface area contributed by atoms with Gasteiger partial charge in [-0.05, 0) is 18.6 Å². The van der Waals surface area contributed by atoms with Crippen molar-refractivity contribution in [2.45, 2.75) is 23.2 Å². The van der Waals surface area contributed by atoms with Gasteiger partial charge in [0.15, 0.2) is 17.2 Å². The van der Waals surface area contributed by atoms with Crippen molar-refractivity contribution in [1.82, 2.24) is 0 Å². The van der Waals surface area contributed by atoms with Gasteiger partial charge in [-0.1, -0.05) is 24.3 Å². The first-order chi connectivity index (χ1) is 12.8. The number of aliphatic hydroxyl groups is 1. The minimum atomic E-state index is -1.97. The summed E-state index contributed by atoms with van der Waals surface area (Å²) in [7, 11) is 0. The van der Waals surface area contributed by atoms with Crippen LogP contribution in [0.15, 0.2) is 36.4 Å². The molecule has 3 aliphatic carbocycles. The van der Waals surface area contributed by atoms with Gasteiger partial charge in [0.05, 0.1) is 17.0 Å². The van der Waals surface area contributed by atoms with Crippen LogP contribution >= 0.6 is 0 Å². The second-order valence-corrected chi connectivity index (χ2v) is 7.56. The van der Waals surface area contributed by atoms with Gasteiger partial charge in [0.1, 0.15) is 17.1 Å². The van der Waals surface area contributed by atoms with Crippen LogP contribution in [0.25, 0.3) is 0 Å². The number of carbonyl (C=O) groups is 3. The molecule has 1 aliphatic heterocycles. The van der Waals surface area contributed by atoms with E-state index in [9.17, 15) is 29.7 Å². The molecular weight excluding hydrogens is 352 g/mol. The summed E-state index contributed by atoms with van der Waals surface area (Å²) in [4.78, 5) is 39.8. The molecule has 7 nitrogen and oxygen atoms in total. The molecule has 0 radical (unpaired) electrons. The zero-order valence-corrected chi connectivity index (χ0v) is 13.7. The van der Waals surface area contributed by atoms with E-state index < -0.39 is 40.1 Å². The number of aromatic hydroxyl groups is 2. The third-order valence-corrected chi connectivity index (χ3v) is 6.59. The number of fused-ring (bicyclic) bond motifs is 5. The molecule has 2 aromatic carbocycles. The topological polar surface area (TPSA) is 124 Å². The number of Topliss-reactive ketones (excluding diaryl/α,β-unsaturated/α-hetero) is 3. The normalized spacial score (nSPS) is 37.4. The van der Waals surface area contributed by atoms with E-state index >= 15 is 0 Å². The molecule has 0 spiro atoms. The lowest BCUT2D eigenvalue weighted by Crippen LogP contribution is -2.52. The summed E-state index contributed by atoms with van der Waals surface area (Å²) in [6, 6.07) is 8.35. The molecule has 7 heteroatoms. The highest BCUT2D eigenvalue weighted by molar-refractivity contribution is 6.30. The standard InChI is InChI=1S/C20H12O7/c21-11-5-1-3-8-13(11)17(25)20-18(26)7-10(19(20,27-20)16(8)24)15(23)14-9(18)4-2-6-12(14)22/h1-6,10,21-22,26H,7H2/t10-,18+,19+,20+/m0/s1. The molecule has 6 rings (SSSR count). The Morgan fingerprint density at radius 2 is 1.59 bits per heavy atom. The number of rotatable bonds is 0. The Labute approximate surface area is 151 Å². The lowest BCUT2D eigenvalue weighted by Gasteiger charge is -2.35. The summed E-state index contributed by atoms with van der Waals surface area (Å²) in [5.41, 5.74) is -5.96. The molecule has 0 amide bonds. The number of carbonyl (C=O) groups excluding carboxylic acids is 3. The van der Waals surface area contributed by atoms with Crippen LogP contribution in [0.2, 0.25) is 0 Å². The van der Waals surface area contributed by atoms with Crippen molar-refractivity contribution < 1.29 is 34.4 Å². The number of phenols is 2. The molecule has 0 unspecified atom stereocenters. The fraction of sp³-hybridized carbons (Fsp3) is 0.250. The van der Waals surface area contributed by atoms with Gasteiger partial charge in [-0.3, -0.25) is 14.4 Å². The number of benzene rings is 2. The monoisotopic (exact) mass is 364 g/mol. The maximum absolute atomic E-state index is 13.4. The van der Waals surface area contributed by atoms with Gasteiger partial charge in [0.25, 0.3) is 0 Å². The van der Waals surface area contributed by atoms with E-state index in [-0.39, 0.29) is 40.2 Å². The lowest BCUT2D eigenvalue weighted by molar-refractivity contribution is -0.0490. The first-order valence-electron chi connectivity index (χ1n) is 8.52. The zero-order chi connectivity index (χ0) is 18.9. The van der Waals surface area contributed by atoms with Crippen LogP contribution in [0.1, 0.15) is 43.1 Å². The number of ketones is 3.